The van der Waals surface area contributed by atoms with Crippen LogP contribution in [-0.2, 0) is 6.42 Å². The lowest BCUT2D eigenvalue weighted by atomic mass is 10.0. The summed E-state index contributed by atoms with van der Waals surface area (Å²) in [5.41, 5.74) is 2.90. The second-order valence-electron chi connectivity index (χ2n) is 6.21. The van der Waals surface area contributed by atoms with Crippen LogP contribution in [0.5, 0.6) is 0 Å². The van der Waals surface area contributed by atoms with Crippen molar-refractivity contribution in [2.75, 3.05) is 18.0 Å². The Morgan fingerprint density at radius 1 is 1.25 bits per heavy atom. The van der Waals surface area contributed by atoms with Crippen LogP contribution < -0.4 is 4.90 Å². The summed E-state index contributed by atoms with van der Waals surface area (Å²) in [6.07, 6.45) is 0.303. The summed E-state index contributed by atoms with van der Waals surface area (Å²) in [4.78, 5) is 2.03. The third kappa shape index (κ3) is 2.76. The van der Waals surface area contributed by atoms with Gasteiger partial charge in [0.2, 0.25) is 5.95 Å². The summed E-state index contributed by atoms with van der Waals surface area (Å²) in [5, 5.41) is 29.7. The molecule has 1 fully saturated rings. The zero-order valence-corrected chi connectivity index (χ0v) is 13.4. The predicted molar refractivity (Wildman–Crippen MR) is 87.9 cm³/mol. The van der Waals surface area contributed by atoms with Gasteiger partial charge in [0.25, 0.3) is 0 Å². The molecule has 1 saturated heterocycles. The van der Waals surface area contributed by atoms with E-state index in [9.17, 15) is 5.11 Å². The normalized spacial score (nSPS) is 20.7. The molecule has 0 amide bonds. The maximum absolute atomic E-state index is 10.4. The Balaban J connectivity index is 1.53. The topological polar surface area (TPSA) is 95.8 Å². The second kappa shape index (κ2) is 6.04. The third-order valence-electron chi connectivity index (χ3n) is 4.37. The molecule has 1 aromatic carbocycles. The number of hydrogen-bond donors (Lipinski definition) is 2. The highest BCUT2D eigenvalue weighted by atomic mass is 16.3. The van der Waals surface area contributed by atoms with E-state index in [1.165, 1.54) is 0 Å². The molecular weight excluding hydrogens is 306 g/mol. The number of aliphatic hydroxyl groups excluding tert-OH is 1. The summed E-state index contributed by atoms with van der Waals surface area (Å²) in [6, 6.07) is 11.8. The van der Waals surface area contributed by atoms with Crippen molar-refractivity contribution in [1.82, 2.24) is 30.4 Å². The van der Waals surface area contributed by atoms with Crippen LogP contribution in [0.2, 0.25) is 0 Å². The second-order valence-corrected chi connectivity index (χ2v) is 6.21. The molecule has 0 unspecified atom stereocenters. The predicted octanol–water partition coefficient (Wildman–Crippen LogP) is 0.734. The summed E-state index contributed by atoms with van der Waals surface area (Å²) in [5.74, 6) is 0.759. The van der Waals surface area contributed by atoms with Crippen molar-refractivity contribution >= 4 is 5.95 Å². The maximum Gasteiger partial charge on any atom is 0.250 e. The van der Waals surface area contributed by atoms with Crippen molar-refractivity contribution in [2.24, 2.45) is 5.92 Å². The lowest BCUT2D eigenvalue weighted by Crippen LogP contribution is -2.24. The quantitative estimate of drug-likeness (QED) is 0.734. The SMILES string of the molecule is Cc1cc(C[C@@H]2CN(c3nnnn3-c3ccccc3)C[C@H]2O)n[nH]1. The van der Waals surface area contributed by atoms with Gasteiger partial charge in [0.05, 0.1) is 17.5 Å². The van der Waals surface area contributed by atoms with E-state index < -0.39 is 6.10 Å². The van der Waals surface area contributed by atoms with Crippen molar-refractivity contribution in [2.45, 2.75) is 19.4 Å². The monoisotopic (exact) mass is 325 g/mol. The zero-order valence-electron chi connectivity index (χ0n) is 13.4. The Morgan fingerprint density at radius 3 is 2.83 bits per heavy atom. The highest BCUT2D eigenvalue weighted by molar-refractivity contribution is 5.41. The minimum atomic E-state index is -0.428. The number of nitrogens with one attached hydrogen (secondary N) is 1. The zero-order chi connectivity index (χ0) is 16.5. The van der Waals surface area contributed by atoms with Gasteiger partial charge in [0.15, 0.2) is 0 Å². The van der Waals surface area contributed by atoms with Gasteiger partial charge in [0, 0.05) is 24.7 Å². The van der Waals surface area contributed by atoms with Gasteiger partial charge in [-0.2, -0.15) is 9.78 Å². The number of rotatable bonds is 4. The van der Waals surface area contributed by atoms with Crippen molar-refractivity contribution in [3.63, 3.8) is 0 Å². The van der Waals surface area contributed by atoms with Gasteiger partial charge in [-0.3, -0.25) is 5.10 Å². The van der Waals surface area contributed by atoms with Crippen molar-refractivity contribution in [3.05, 3.63) is 47.8 Å². The molecule has 24 heavy (non-hydrogen) atoms. The maximum atomic E-state index is 10.4. The number of aliphatic hydroxyl groups is 1. The standard InChI is InChI=1S/C16H19N7O/c1-11-7-13(18-17-11)8-12-9-22(10-15(12)24)16-19-20-21-23(16)14-5-3-2-4-6-14/h2-7,12,15,24H,8-10H2,1H3,(H,17,18)/t12-,15-/m1/s1. The van der Waals surface area contributed by atoms with Crippen LogP contribution in [0.25, 0.3) is 5.69 Å². The molecule has 1 aliphatic heterocycles. The average molecular weight is 325 g/mol. The Hall–Kier alpha value is -2.74. The van der Waals surface area contributed by atoms with Crippen LogP contribution in [0, 0.1) is 12.8 Å². The molecule has 1 aliphatic rings. The molecular formula is C16H19N7O. The van der Waals surface area contributed by atoms with Gasteiger partial charge in [-0.1, -0.05) is 23.3 Å². The first-order chi connectivity index (χ1) is 11.7. The van der Waals surface area contributed by atoms with Crippen LogP contribution in [0.4, 0.5) is 5.95 Å². The number of hydrogen-bond acceptors (Lipinski definition) is 6. The van der Waals surface area contributed by atoms with Gasteiger partial charge >= 0.3 is 0 Å². The summed E-state index contributed by atoms with van der Waals surface area (Å²) < 4.78 is 1.70. The molecule has 0 radical (unpaired) electrons. The van der Waals surface area contributed by atoms with E-state index in [0.717, 1.165) is 23.5 Å². The number of H-pyrrole nitrogens is 1. The molecule has 8 nitrogen and oxygen atoms in total. The minimum Gasteiger partial charge on any atom is -0.391 e. The third-order valence-corrected chi connectivity index (χ3v) is 4.37. The highest BCUT2D eigenvalue weighted by Gasteiger charge is 2.34. The molecule has 8 heteroatoms. The van der Waals surface area contributed by atoms with E-state index in [0.29, 0.717) is 19.0 Å². The smallest absolute Gasteiger partial charge is 0.250 e. The van der Waals surface area contributed by atoms with E-state index in [1.54, 1.807) is 4.68 Å². The number of aromatic amines is 1. The number of aryl methyl sites for hydroxylation is 1. The van der Waals surface area contributed by atoms with Crippen molar-refractivity contribution in [1.29, 1.82) is 0 Å². The van der Waals surface area contributed by atoms with E-state index >= 15 is 0 Å². The van der Waals surface area contributed by atoms with Crippen LogP contribution in [0.1, 0.15) is 11.4 Å². The van der Waals surface area contributed by atoms with Crippen LogP contribution in [0.15, 0.2) is 36.4 Å². The fourth-order valence-electron chi connectivity index (χ4n) is 3.18. The molecule has 3 aromatic rings. The fraction of sp³-hybridized carbons (Fsp3) is 0.375. The first-order valence-electron chi connectivity index (χ1n) is 7.98. The summed E-state index contributed by atoms with van der Waals surface area (Å²) >= 11 is 0. The Labute approximate surface area is 139 Å². The molecule has 3 heterocycles. The van der Waals surface area contributed by atoms with Gasteiger partial charge in [-0.25, -0.2) is 0 Å². The molecule has 0 spiro atoms. The number of β-amino-alcohol motifs (C(OH)–C–C–N with tert-alkyl or cyclic N) is 1. The van der Waals surface area contributed by atoms with E-state index in [-0.39, 0.29) is 5.92 Å². The Kier molecular flexibility index (Phi) is 3.73. The molecule has 0 aliphatic carbocycles. The Bertz CT molecular complexity index is 813. The van der Waals surface area contributed by atoms with Crippen LogP contribution in [-0.4, -0.2) is 54.7 Å². The number of nitrogens with zero attached hydrogens (tertiary/aromatic N) is 6. The van der Waals surface area contributed by atoms with E-state index in [2.05, 4.69) is 25.7 Å². The van der Waals surface area contributed by atoms with Crippen molar-refractivity contribution < 1.29 is 5.11 Å². The van der Waals surface area contributed by atoms with Gasteiger partial charge < -0.3 is 10.0 Å². The Morgan fingerprint density at radius 2 is 2.08 bits per heavy atom. The first kappa shape index (κ1) is 14.8. The van der Waals surface area contributed by atoms with Gasteiger partial charge in [-0.05, 0) is 42.0 Å². The number of aromatic nitrogens is 6. The lowest BCUT2D eigenvalue weighted by Gasteiger charge is -2.16. The number of tetrazole rings is 1. The van der Waals surface area contributed by atoms with E-state index in [4.69, 9.17) is 0 Å². The molecule has 4 rings (SSSR count). The summed E-state index contributed by atoms with van der Waals surface area (Å²) in [6.45, 7) is 3.18. The largest absolute Gasteiger partial charge is 0.391 e. The van der Waals surface area contributed by atoms with Crippen LogP contribution >= 0.6 is 0 Å². The first-order valence-corrected chi connectivity index (χ1v) is 7.98. The highest BCUT2D eigenvalue weighted by Crippen LogP contribution is 2.26. The fourth-order valence-corrected chi connectivity index (χ4v) is 3.18. The number of benzene rings is 1. The molecule has 2 aromatic heterocycles. The average Bonchev–Trinajstić information content (AvgIpc) is 3.30. The van der Waals surface area contributed by atoms with Crippen LogP contribution in [0.3, 0.4) is 0 Å². The molecule has 0 saturated carbocycles. The van der Waals surface area contributed by atoms with E-state index in [1.807, 2.05) is 48.2 Å². The van der Waals surface area contributed by atoms with Gasteiger partial charge in [-0.15, -0.1) is 0 Å². The van der Waals surface area contributed by atoms with Gasteiger partial charge in [0.1, 0.15) is 0 Å². The van der Waals surface area contributed by atoms with Crippen molar-refractivity contribution in [3.8, 4) is 5.69 Å². The summed E-state index contributed by atoms with van der Waals surface area (Å²) in [7, 11) is 0. The molecule has 0 bridgehead atoms. The number of anilines is 1. The molecule has 2 N–H and O–H groups in total. The minimum absolute atomic E-state index is 0.105. The molecule has 124 valence electrons. The lowest BCUT2D eigenvalue weighted by molar-refractivity contribution is 0.147. The number of para-hydroxylation sites is 1. The molecule has 2 atom stereocenters.